The van der Waals surface area contributed by atoms with Crippen LogP contribution in [0.25, 0.3) is 76.6 Å². The number of H-pyrrole nitrogens is 6. The Hall–Kier alpha value is -13.2. The molecule has 764 valence electrons. The van der Waals surface area contributed by atoms with Gasteiger partial charge in [-0.3, -0.25) is 20.0 Å². The van der Waals surface area contributed by atoms with Gasteiger partial charge in [-0.2, -0.15) is 0 Å². The van der Waals surface area contributed by atoms with E-state index in [1.165, 1.54) is 114 Å². The Morgan fingerprint density at radius 2 is 0.918 bits per heavy atom. The van der Waals surface area contributed by atoms with Gasteiger partial charge in [0.1, 0.15) is 23.3 Å². The number of aliphatic imine (C=N–C) groups is 5. The predicted octanol–water partition coefficient (Wildman–Crippen LogP) is 22.6. The van der Waals surface area contributed by atoms with E-state index >= 15 is 0 Å². The molecule has 4 aliphatic heterocycles. The molecule has 2 saturated heterocycles. The van der Waals surface area contributed by atoms with Gasteiger partial charge in [-0.15, -0.1) is 45.3 Å². The Labute approximate surface area is 887 Å². The zero-order valence-corrected chi connectivity index (χ0v) is 90.1. The first-order chi connectivity index (χ1) is 71.6. The third-order valence-electron chi connectivity index (χ3n) is 26.6. The minimum Gasteiger partial charge on any atom is -0.383 e. The number of aromatic nitrogens is 6. The number of nitrogens with one attached hydrogen (secondary N) is 8. The number of hydrogen-bond donors (Lipinski definition) is 13. The summed E-state index contributed by atoms with van der Waals surface area (Å²) in [5.41, 5.74) is 54.2. The summed E-state index contributed by atoms with van der Waals surface area (Å²) in [6.07, 6.45) is 27.4. The van der Waals surface area contributed by atoms with Crippen molar-refractivity contribution >= 4 is 214 Å². The van der Waals surface area contributed by atoms with Crippen molar-refractivity contribution in [3.8, 4) is 0 Å². The van der Waals surface area contributed by atoms with Crippen molar-refractivity contribution in [2.75, 3.05) is 145 Å². The zero-order chi connectivity index (χ0) is 102. The normalized spacial score (nSPS) is 15.0. The van der Waals surface area contributed by atoms with Crippen molar-refractivity contribution < 1.29 is 9.53 Å². The monoisotopic (exact) mass is 2080 g/mol. The van der Waals surface area contributed by atoms with Crippen LogP contribution in [-0.2, 0) is 30.5 Å². The van der Waals surface area contributed by atoms with Crippen LogP contribution in [0.5, 0.6) is 0 Å². The number of thiocarbonyl (C=S) groups is 1. The van der Waals surface area contributed by atoms with Crippen LogP contribution >= 0.6 is 69.3 Å². The largest absolute Gasteiger partial charge is 0.383 e. The fraction of sp³-hybridized carbons (Fsp3) is 0.296. The standard InChI is InChI=1S/C22H22N4OS.C20H24N4OS.C20H24N4S.2C18H22N4S.C17H22N4S/c1-26-11-9-15(10-12-26)19-14-23-20-8-7-17(13-18(19)20)24-22(28)25-21(27)16-5-3-2-4-6-16;21-20(19-4-2-12-26-19)23-16-5-6-18-17(13-16)15(14-22-18)3-1-7-24-8-10-25-11-9-24;1-2-24-9-7-14(8-10-24)17-13-22-18-6-5-15(12-16(17)18)23-20(21)19-4-3-11-25-19;1-22(2)9-3-5-13-12-20-16-8-7-14(11-15(13)16)21-18(19)17-6-4-10-23-17;1-22(2)8-7-14-12-20-16-6-5-13(10-15(14)16)11-21-18(19)17-4-3-9-23-17;1-3-22-17(18)20-13-4-5-16-14(10-13)15(11-19-16)12-6-8-21(2)9-7-12/h2-9,13-14,23H,10-12H2,1H3,(H2,24,25,27,28);2,4-6,12-14,22H,1,3,7-11H2,(H2,21,23);3-6,11-14,22H,2,7-10H2,1H3,(H2,21,23);4,6-8,10-12,20H,3,5,9H2,1-2H3,(H2,19,21);3-6,9-10,12,20H,7-8,11H2,1-2H3,(H2,19,21);4-6,10-11,19H,3,7-9H2,1-2H3,(H2,18,20). The molecule has 0 unspecified atom stereocenters. The maximum absolute atomic E-state index is 12.2. The molecule has 26 nitrogen and oxygen atoms in total. The average Bonchev–Trinajstić information content (AvgIpc) is 1.64. The van der Waals surface area contributed by atoms with E-state index in [1.54, 1.807) is 69.2 Å². The second-order valence-corrected chi connectivity index (χ2v) is 43.1. The van der Waals surface area contributed by atoms with Gasteiger partial charge in [-0.25, -0.2) is 20.0 Å². The van der Waals surface area contributed by atoms with Crippen LogP contribution in [0.1, 0.15) is 127 Å². The number of aryl methyl sites for hydroxylation is 2. The third-order valence-corrected chi connectivity index (χ3v) is 31.1. The summed E-state index contributed by atoms with van der Waals surface area (Å²) in [5, 5.41) is 22.2. The number of nitrogens with zero attached hydrogens (tertiary/aromatic N) is 11. The summed E-state index contributed by atoms with van der Waals surface area (Å²) in [5.74, 6) is 3.69. The van der Waals surface area contributed by atoms with Crippen LogP contribution in [0, 0.1) is 0 Å². The Kier molecular flexibility index (Phi) is 38.4. The highest BCUT2D eigenvalue weighted by atomic mass is 32.2. The van der Waals surface area contributed by atoms with E-state index < -0.39 is 0 Å². The molecule has 4 aliphatic rings. The van der Waals surface area contributed by atoms with E-state index in [0.717, 1.165) is 205 Å². The number of carbonyl (C=O) groups excluding carboxylic acids is 1. The van der Waals surface area contributed by atoms with E-state index in [9.17, 15) is 4.79 Å². The summed E-state index contributed by atoms with van der Waals surface area (Å²) in [7, 11) is 12.7. The van der Waals surface area contributed by atoms with Gasteiger partial charge in [0.15, 0.2) is 10.3 Å². The molecule has 32 heteroatoms. The number of benzene rings is 7. The number of hydrogen-bond acceptors (Lipinski definition) is 19. The number of aromatic amines is 6. The van der Waals surface area contributed by atoms with Crippen LogP contribution < -0.4 is 39.3 Å². The summed E-state index contributed by atoms with van der Waals surface area (Å²) >= 11 is 13.3. The molecule has 17 aromatic rings. The number of amides is 1. The molecule has 21 rings (SSSR count). The van der Waals surface area contributed by atoms with Gasteiger partial charge in [-0.1, -0.05) is 86.3 Å². The summed E-state index contributed by atoms with van der Waals surface area (Å²) in [6, 6.07) is 62.5. The molecule has 2 fully saturated rings. The highest BCUT2D eigenvalue weighted by Gasteiger charge is 2.25. The van der Waals surface area contributed by atoms with E-state index in [-0.39, 0.29) is 11.0 Å². The maximum Gasteiger partial charge on any atom is 0.257 e. The Morgan fingerprint density at radius 3 is 1.41 bits per heavy atom. The number of likely N-dealkylation sites (N-methyl/N-ethyl adjacent to an activating group) is 3. The van der Waals surface area contributed by atoms with Crippen molar-refractivity contribution in [2.45, 2.75) is 84.1 Å². The van der Waals surface area contributed by atoms with Crippen molar-refractivity contribution in [3.63, 3.8) is 0 Å². The second-order valence-electron chi connectivity index (χ2n) is 37.6. The Balaban J connectivity index is 0.000000126. The molecule has 0 saturated carbocycles. The first-order valence-corrected chi connectivity index (χ1v) is 55.3. The maximum atomic E-state index is 12.2. The molecule has 18 N–H and O–H groups in total. The molecule has 7 aromatic carbocycles. The third kappa shape index (κ3) is 29.9. The number of nitrogens with two attached hydrogens (primary N) is 5. The number of thioether (sulfide) groups is 1. The number of thiophene rings is 4. The van der Waals surface area contributed by atoms with Gasteiger partial charge in [0.2, 0.25) is 0 Å². The number of fused-ring (bicyclic) bond motifs is 6. The number of rotatable bonds is 28. The molecule has 1 amide bonds. The van der Waals surface area contributed by atoms with Crippen molar-refractivity contribution in [2.24, 2.45) is 53.6 Å². The molecule has 10 aromatic heterocycles. The lowest BCUT2D eigenvalue weighted by Crippen LogP contribution is -2.36. The number of carbonyl (C=O) groups is 1. The SMILES string of the molecule is CCN1CCC(c2c[nH]c3ccc(N=C(N)c4cccs4)cc23)CC1.CCSC(N)=Nc1ccc2[nH]cc(C3=CCN(C)CC3)c2c1.CN(C)CCCc1c[nH]c2ccc(N=C(N)c3cccs3)cc12.CN(C)CCc1c[nH]c2ccc(CN=C(N)c3cccs3)cc12.CN1CC=C(c2c[nH]c3ccc(NC(=S)NC(=O)c4ccccc4)cc23)CC1.NC(=Nc1ccc2[nH]cc(CCCN3CCOCC3)c2c1)c1cccs1. The number of piperidine rings is 1. The number of amidine groups is 5. The summed E-state index contributed by atoms with van der Waals surface area (Å²) in [6.45, 7) is 19.7. The lowest BCUT2D eigenvalue weighted by molar-refractivity contribution is 0.0375. The minimum absolute atomic E-state index is 0.224. The number of likely N-dealkylation sites (tertiary alicyclic amines) is 1. The van der Waals surface area contributed by atoms with Crippen LogP contribution in [0.4, 0.5) is 28.4 Å². The van der Waals surface area contributed by atoms with Crippen LogP contribution in [0.3, 0.4) is 0 Å². The molecule has 147 heavy (non-hydrogen) atoms. The van der Waals surface area contributed by atoms with Gasteiger partial charge >= 0.3 is 0 Å². The van der Waals surface area contributed by atoms with Gasteiger partial charge in [0, 0.05) is 171 Å². The van der Waals surface area contributed by atoms with Crippen LogP contribution in [0.2, 0.25) is 0 Å². The summed E-state index contributed by atoms with van der Waals surface area (Å²) < 4.78 is 5.41. The van der Waals surface area contributed by atoms with E-state index in [2.05, 4.69) is 273 Å². The molecule has 0 bridgehead atoms. The Bertz CT molecular complexity index is 7380. The predicted molar refractivity (Wildman–Crippen MR) is 631 cm³/mol. The first kappa shape index (κ1) is 107. The highest BCUT2D eigenvalue weighted by Crippen LogP contribution is 2.38. The molecular weight excluding hydrogens is 1940 g/mol. The minimum atomic E-state index is -0.224. The molecule has 14 heterocycles. The fourth-order valence-electron chi connectivity index (χ4n) is 18.5. The molecule has 0 radical (unpaired) electrons. The van der Waals surface area contributed by atoms with Gasteiger partial charge in [0.25, 0.3) is 5.91 Å². The second kappa shape index (κ2) is 52.9. The van der Waals surface area contributed by atoms with Crippen molar-refractivity contribution in [3.05, 3.63) is 323 Å². The first-order valence-electron chi connectivity index (χ1n) is 50.4. The van der Waals surface area contributed by atoms with Gasteiger partial charge < -0.3 is 93.1 Å². The van der Waals surface area contributed by atoms with E-state index in [4.69, 9.17) is 45.6 Å². The van der Waals surface area contributed by atoms with E-state index in [1.807, 2.05) is 125 Å². The summed E-state index contributed by atoms with van der Waals surface area (Å²) in [4.78, 5) is 73.4. The van der Waals surface area contributed by atoms with Crippen molar-refractivity contribution in [1.29, 1.82) is 0 Å². The lowest BCUT2D eigenvalue weighted by Gasteiger charge is -2.30. The lowest BCUT2D eigenvalue weighted by atomic mass is 9.89. The average molecular weight is 2080 g/mol. The van der Waals surface area contributed by atoms with Crippen LogP contribution in [0.15, 0.2) is 284 Å². The molecular formula is C115H136N24O2S6. The van der Waals surface area contributed by atoms with E-state index in [0.29, 0.717) is 46.5 Å². The van der Waals surface area contributed by atoms with Gasteiger partial charge in [-0.05, 0) is 357 Å². The Morgan fingerprint density at radius 1 is 0.469 bits per heavy atom. The smallest absolute Gasteiger partial charge is 0.257 e. The molecule has 0 aliphatic carbocycles. The van der Waals surface area contributed by atoms with Crippen LogP contribution in [-0.4, -0.2) is 239 Å². The topological polar surface area (TPSA) is 356 Å². The zero-order valence-electron chi connectivity index (χ0n) is 85.2. The van der Waals surface area contributed by atoms with Gasteiger partial charge in [0.05, 0.1) is 62.0 Å². The number of ether oxygens (including phenoxy) is 1. The highest BCUT2D eigenvalue weighted by molar-refractivity contribution is 8.13. The fourth-order valence-corrected chi connectivity index (χ4v) is 21.7. The molecule has 0 atom stereocenters. The number of anilines is 1. The van der Waals surface area contributed by atoms with Crippen molar-refractivity contribution in [1.82, 2.24) is 64.6 Å². The number of morpholine rings is 1. The quantitative estimate of drug-likeness (QED) is 0.0123. The molecule has 0 spiro atoms.